The standard InChI is InChI=1S/C23H21FN2O2/c1-2-15-9-11-16(12-10-15)21(17-5-4-8-20(24)14-17)26-23(28)19-7-3-6-18(13-19)22(25)27/h3-14,21H,2H2,1H3,(H2,25,27)(H,26,28)/t21-/m0/s1. The lowest BCUT2D eigenvalue weighted by Crippen LogP contribution is -2.29. The number of benzene rings is 3. The first-order valence-corrected chi connectivity index (χ1v) is 9.03. The molecule has 5 heteroatoms. The average Bonchev–Trinajstić information content (AvgIpc) is 2.72. The van der Waals surface area contributed by atoms with Crippen molar-refractivity contribution in [2.45, 2.75) is 19.4 Å². The summed E-state index contributed by atoms with van der Waals surface area (Å²) in [6.45, 7) is 2.06. The predicted molar refractivity (Wildman–Crippen MR) is 106 cm³/mol. The van der Waals surface area contributed by atoms with Crippen LogP contribution in [0.2, 0.25) is 0 Å². The van der Waals surface area contributed by atoms with Gasteiger partial charge in [-0.2, -0.15) is 0 Å². The zero-order valence-corrected chi connectivity index (χ0v) is 15.5. The van der Waals surface area contributed by atoms with Gasteiger partial charge < -0.3 is 11.1 Å². The number of rotatable bonds is 6. The van der Waals surface area contributed by atoms with Crippen molar-refractivity contribution in [3.63, 3.8) is 0 Å². The minimum absolute atomic E-state index is 0.252. The van der Waals surface area contributed by atoms with Crippen LogP contribution in [0.15, 0.2) is 72.8 Å². The molecule has 0 bridgehead atoms. The van der Waals surface area contributed by atoms with Crippen molar-refractivity contribution >= 4 is 11.8 Å². The van der Waals surface area contributed by atoms with E-state index in [1.165, 1.54) is 23.8 Å². The van der Waals surface area contributed by atoms with Crippen molar-refractivity contribution in [2.75, 3.05) is 0 Å². The van der Waals surface area contributed by atoms with Crippen LogP contribution in [0.3, 0.4) is 0 Å². The fourth-order valence-corrected chi connectivity index (χ4v) is 3.02. The van der Waals surface area contributed by atoms with Gasteiger partial charge in [0.2, 0.25) is 5.91 Å². The normalized spacial score (nSPS) is 11.6. The van der Waals surface area contributed by atoms with E-state index >= 15 is 0 Å². The molecule has 28 heavy (non-hydrogen) atoms. The van der Waals surface area contributed by atoms with E-state index in [1.807, 2.05) is 24.3 Å². The Morgan fingerprint density at radius 1 is 0.929 bits per heavy atom. The molecule has 0 unspecified atom stereocenters. The summed E-state index contributed by atoms with van der Waals surface area (Å²) in [5, 5.41) is 2.94. The summed E-state index contributed by atoms with van der Waals surface area (Å²) in [5.74, 6) is -1.36. The van der Waals surface area contributed by atoms with E-state index in [2.05, 4.69) is 12.2 Å². The molecule has 0 radical (unpaired) electrons. The number of halogens is 1. The molecule has 0 saturated carbocycles. The minimum Gasteiger partial charge on any atom is -0.366 e. The Bertz CT molecular complexity index is 999. The SMILES string of the molecule is CCc1ccc([C@H](NC(=O)c2cccc(C(N)=O)c2)c2cccc(F)c2)cc1. The van der Waals surface area contributed by atoms with Gasteiger partial charge in [-0.05, 0) is 53.4 Å². The Labute approximate surface area is 163 Å². The highest BCUT2D eigenvalue weighted by molar-refractivity contribution is 5.99. The van der Waals surface area contributed by atoms with Gasteiger partial charge in [0.15, 0.2) is 0 Å². The first kappa shape index (κ1) is 19.3. The van der Waals surface area contributed by atoms with Crippen LogP contribution < -0.4 is 11.1 Å². The largest absolute Gasteiger partial charge is 0.366 e. The fourth-order valence-electron chi connectivity index (χ4n) is 3.02. The molecular weight excluding hydrogens is 355 g/mol. The maximum Gasteiger partial charge on any atom is 0.252 e. The monoisotopic (exact) mass is 376 g/mol. The number of hydrogen-bond donors (Lipinski definition) is 2. The van der Waals surface area contributed by atoms with Crippen LogP contribution in [0.4, 0.5) is 4.39 Å². The lowest BCUT2D eigenvalue weighted by atomic mass is 9.96. The summed E-state index contributed by atoms with van der Waals surface area (Å²) in [7, 11) is 0. The molecule has 0 aliphatic carbocycles. The van der Waals surface area contributed by atoms with Crippen LogP contribution >= 0.6 is 0 Å². The first-order chi connectivity index (χ1) is 13.5. The second-order valence-corrected chi connectivity index (χ2v) is 6.50. The molecule has 0 aliphatic heterocycles. The molecule has 0 aromatic heterocycles. The third-order valence-corrected chi connectivity index (χ3v) is 4.59. The summed E-state index contributed by atoms with van der Waals surface area (Å²) < 4.78 is 13.8. The molecule has 1 atom stereocenters. The van der Waals surface area contributed by atoms with Crippen molar-refractivity contribution in [2.24, 2.45) is 5.73 Å². The zero-order valence-electron chi connectivity index (χ0n) is 15.5. The van der Waals surface area contributed by atoms with Gasteiger partial charge in [0.05, 0.1) is 6.04 Å². The van der Waals surface area contributed by atoms with Gasteiger partial charge in [-0.3, -0.25) is 9.59 Å². The van der Waals surface area contributed by atoms with E-state index < -0.39 is 11.9 Å². The highest BCUT2D eigenvalue weighted by Gasteiger charge is 2.19. The summed E-state index contributed by atoms with van der Waals surface area (Å²) in [6.07, 6.45) is 0.900. The second-order valence-electron chi connectivity index (χ2n) is 6.50. The van der Waals surface area contributed by atoms with Gasteiger partial charge in [0.25, 0.3) is 5.91 Å². The summed E-state index contributed by atoms with van der Waals surface area (Å²) in [4.78, 5) is 24.2. The van der Waals surface area contributed by atoms with Gasteiger partial charge >= 0.3 is 0 Å². The number of nitrogens with two attached hydrogens (primary N) is 1. The average molecular weight is 376 g/mol. The Kier molecular flexibility index (Phi) is 5.84. The number of nitrogens with one attached hydrogen (secondary N) is 1. The molecule has 2 amide bonds. The van der Waals surface area contributed by atoms with E-state index in [-0.39, 0.29) is 17.3 Å². The number of carbonyl (C=O) groups is 2. The second kappa shape index (κ2) is 8.48. The fraction of sp³-hybridized carbons (Fsp3) is 0.130. The van der Waals surface area contributed by atoms with E-state index in [9.17, 15) is 14.0 Å². The molecule has 142 valence electrons. The third kappa shape index (κ3) is 4.43. The number of aryl methyl sites for hydroxylation is 1. The molecule has 3 rings (SSSR count). The molecule has 4 nitrogen and oxygen atoms in total. The molecule has 0 aliphatic rings. The topological polar surface area (TPSA) is 72.2 Å². The van der Waals surface area contributed by atoms with Crippen molar-refractivity contribution < 1.29 is 14.0 Å². The van der Waals surface area contributed by atoms with E-state index in [0.29, 0.717) is 11.1 Å². The Morgan fingerprint density at radius 2 is 1.61 bits per heavy atom. The van der Waals surface area contributed by atoms with Gasteiger partial charge in [0, 0.05) is 11.1 Å². The van der Waals surface area contributed by atoms with E-state index in [4.69, 9.17) is 5.73 Å². The molecule has 3 aromatic rings. The van der Waals surface area contributed by atoms with E-state index in [0.717, 1.165) is 12.0 Å². The van der Waals surface area contributed by atoms with Crippen LogP contribution in [0.1, 0.15) is 50.4 Å². The smallest absolute Gasteiger partial charge is 0.252 e. The molecule has 3 N–H and O–H groups in total. The molecular formula is C23H21FN2O2. The predicted octanol–water partition coefficient (Wildman–Crippen LogP) is 4.01. The molecule has 3 aromatic carbocycles. The van der Waals surface area contributed by atoms with Crippen LogP contribution in [-0.4, -0.2) is 11.8 Å². The van der Waals surface area contributed by atoms with Crippen molar-refractivity contribution in [3.8, 4) is 0 Å². The quantitative estimate of drug-likeness (QED) is 0.682. The molecule has 0 spiro atoms. The van der Waals surface area contributed by atoms with Gasteiger partial charge in [-0.1, -0.05) is 49.4 Å². The molecule has 0 saturated heterocycles. The van der Waals surface area contributed by atoms with Crippen molar-refractivity contribution in [1.82, 2.24) is 5.32 Å². The molecule has 0 fully saturated rings. The highest BCUT2D eigenvalue weighted by Crippen LogP contribution is 2.24. The van der Waals surface area contributed by atoms with Crippen LogP contribution in [0.25, 0.3) is 0 Å². The zero-order chi connectivity index (χ0) is 20.1. The molecule has 0 heterocycles. The van der Waals surface area contributed by atoms with Crippen LogP contribution in [0, 0.1) is 5.82 Å². The third-order valence-electron chi connectivity index (χ3n) is 4.59. The van der Waals surface area contributed by atoms with Crippen LogP contribution in [-0.2, 0) is 6.42 Å². The highest BCUT2D eigenvalue weighted by atomic mass is 19.1. The van der Waals surface area contributed by atoms with E-state index in [1.54, 1.807) is 30.3 Å². The summed E-state index contributed by atoms with van der Waals surface area (Å²) in [6, 6.07) is 19.6. The maximum absolute atomic E-state index is 13.8. The summed E-state index contributed by atoms with van der Waals surface area (Å²) in [5.41, 5.74) is 8.49. The summed E-state index contributed by atoms with van der Waals surface area (Å²) >= 11 is 0. The van der Waals surface area contributed by atoms with Gasteiger partial charge in [-0.15, -0.1) is 0 Å². The van der Waals surface area contributed by atoms with Crippen molar-refractivity contribution in [3.05, 3.63) is 106 Å². The Balaban J connectivity index is 1.95. The number of amides is 2. The minimum atomic E-state index is -0.605. The lowest BCUT2D eigenvalue weighted by molar-refractivity contribution is 0.0943. The Hall–Kier alpha value is -3.47. The first-order valence-electron chi connectivity index (χ1n) is 9.03. The van der Waals surface area contributed by atoms with Gasteiger partial charge in [-0.25, -0.2) is 4.39 Å². The van der Waals surface area contributed by atoms with Gasteiger partial charge in [0.1, 0.15) is 5.82 Å². The van der Waals surface area contributed by atoms with Crippen LogP contribution in [0.5, 0.6) is 0 Å². The number of primary amides is 1. The lowest BCUT2D eigenvalue weighted by Gasteiger charge is -2.20. The number of hydrogen-bond acceptors (Lipinski definition) is 2. The van der Waals surface area contributed by atoms with Crippen molar-refractivity contribution in [1.29, 1.82) is 0 Å². The number of carbonyl (C=O) groups excluding carboxylic acids is 2. The Morgan fingerprint density at radius 3 is 2.25 bits per heavy atom. The maximum atomic E-state index is 13.8.